The molecule has 0 aromatic heterocycles. The van der Waals surface area contributed by atoms with E-state index in [4.69, 9.17) is 23.7 Å². The molecule has 1 N–H and O–H groups in total. The SMILES string of the molecule is COC(=O)[C@@H]1O[C@@H](CNC(=O)OC(C)(C)C)[C@@H](OCc2ccccc2)[C@@H]1OCc1ccccc1. The van der Waals surface area contributed by atoms with E-state index in [2.05, 4.69) is 5.32 Å². The smallest absolute Gasteiger partial charge is 0.407 e. The van der Waals surface area contributed by atoms with Gasteiger partial charge in [0.1, 0.15) is 23.9 Å². The molecular formula is C26H33NO7. The molecule has 0 bridgehead atoms. The maximum absolute atomic E-state index is 12.5. The van der Waals surface area contributed by atoms with Crippen LogP contribution in [0.4, 0.5) is 4.79 Å². The second kappa shape index (κ2) is 12.0. The molecule has 0 unspecified atom stereocenters. The number of benzene rings is 2. The fourth-order valence-corrected chi connectivity index (χ4v) is 3.61. The quantitative estimate of drug-likeness (QED) is 0.559. The molecule has 1 heterocycles. The predicted octanol–water partition coefficient (Wildman–Crippen LogP) is 3.62. The normalized spacial score (nSPS) is 22.2. The predicted molar refractivity (Wildman–Crippen MR) is 125 cm³/mol. The van der Waals surface area contributed by atoms with Crippen molar-refractivity contribution >= 4 is 12.1 Å². The molecule has 0 saturated carbocycles. The van der Waals surface area contributed by atoms with Crippen LogP contribution in [-0.2, 0) is 41.7 Å². The summed E-state index contributed by atoms with van der Waals surface area (Å²) in [4.78, 5) is 24.7. The van der Waals surface area contributed by atoms with Gasteiger partial charge in [-0.05, 0) is 31.9 Å². The first-order valence-electron chi connectivity index (χ1n) is 11.3. The average Bonchev–Trinajstić information content (AvgIpc) is 3.17. The van der Waals surface area contributed by atoms with Crippen molar-refractivity contribution in [1.29, 1.82) is 0 Å². The Balaban J connectivity index is 1.76. The molecule has 1 aliphatic heterocycles. The zero-order chi connectivity index (χ0) is 24.6. The highest BCUT2D eigenvalue weighted by atomic mass is 16.6. The van der Waals surface area contributed by atoms with Crippen LogP contribution in [0, 0.1) is 0 Å². The first kappa shape index (κ1) is 25.7. The van der Waals surface area contributed by atoms with E-state index in [9.17, 15) is 9.59 Å². The van der Waals surface area contributed by atoms with E-state index < -0.39 is 42.1 Å². The third kappa shape index (κ3) is 7.55. The van der Waals surface area contributed by atoms with Crippen LogP contribution in [0.2, 0.25) is 0 Å². The molecule has 3 rings (SSSR count). The highest BCUT2D eigenvalue weighted by molar-refractivity contribution is 5.76. The minimum absolute atomic E-state index is 0.0764. The summed E-state index contributed by atoms with van der Waals surface area (Å²) in [5, 5.41) is 2.71. The van der Waals surface area contributed by atoms with Crippen LogP contribution in [-0.4, -0.2) is 55.7 Å². The standard InChI is InChI=1S/C26H33NO7/c1-26(2,3)34-25(29)27-15-20-21(31-16-18-11-7-5-8-12-18)22(23(33-20)24(28)30-4)32-17-19-13-9-6-10-14-19/h5-14,20-23H,15-17H2,1-4H3,(H,27,29)/t20-,21+,22-,23+/m0/s1. The second-order valence-electron chi connectivity index (χ2n) is 9.02. The van der Waals surface area contributed by atoms with Crippen molar-refractivity contribution in [2.24, 2.45) is 0 Å². The molecule has 2 aromatic rings. The number of carbonyl (C=O) groups excluding carboxylic acids is 2. The zero-order valence-electron chi connectivity index (χ0n) is 20.1. The van der Waals surface area contributed by atoms with Crippen molar-refractivity contribution in [2.45, 2.75) is 64.0 Å². The Kier molecular flexibility index (Phi) is 9.04. The molecule has 1 fully saturated rings. The Hall–Kier alpha value is -2.94. The van der Waals surface area contributed by atoms with Gasteiger partial charge in [-0.25, -0.2) is 9.59 Å². The minimum Gasteiger partial charge on any atom is -0.467 e. The number of hydrogen-bond acceptors (Lipinski definition) is 7. The monoisotopic (exact) mass is 471 g/mol. The van der Waals surface area contributed by atoms with E-state index in [0.29, 0.717) is 0 Å². The van der Waals surface area contributed by atoms with Crippen molar-refractivity contribution in [1.82, 2.24) is 5.32 Å². The molecule has 0 radical (unpaired) electrons. The van der Waals surface area contributed by atoms with E-state index in [1.807, 2.05) is 60.7 Å². The second-order valence-corrected chi connectivity index (χ2v) is 9.02. The molecule has 1 amide bonds. The highest BCUT2D eigenvalue weighted by Crippen LogP contribution is 2.29. The summed E-state index contributed by atoms with van der Waals surface area (Å²) in [6.45, 7) is 5.98. The fourth-order valence-electron chi connectivity index (χ4n) is 3.61. The van der Waals surface area contributed by atoms with E-state index >= 15 is 0 Å². The molecule has 2 aromatic carbocycles. The molecule has 4 atom stereocenters. The van der Waals surface area contributed by atoms with E-state index in [-0.39, 0.29) is 19.8 Å². The summed E-state index contributed by atoms with van der Waals surface area (Å²) in [5.41, 5.74) is 1.27. The molecule has 8 heteroatoms. The summed E-state index contributed by atoms with van der Waals surface area (Å²) >= 11 is 0. The van der Waals surface area contributed by atoms with Gasteiger partial charge >= 0.3 is 12.1 Å². The number of alkyl carbamates (subject to hydrolysis) is 1. The average molecular weight is 472 g/mol. The van der Waals surface area contributed by atoms with Gasteiger partial charge in [0, 0.05) is 6.54 Å². The van der Waals surface area contributed by atoms with Crippen molar-refractivity contribution in [3.05, 3.63) is 71.8 Å². The van der Waals surface area contributed by atoms with Gasteiger partial charge in [-0.15, -0.1) is 0 Å². The van der Waals surface area contributed by atoms with E-state index in [1.54, 1.807) is 20.8 Å². The lowest BCUT2D eigenvalue weighted by Crippen LogP contribution is -2.44. The summed E-state index contributed by atoms with van der Waals surface area (Å²) in [5.74, 6) is -0.564. The third-order valence-electron chi connectivity index (χ3n) is 5.16. The van der Waals surface area contributed by atoms with E-state index in [1.165, 1.54) is 7.11 Å². The van der Waals surface area contributed by atoms with Gasteiger partial charge < -0.3 is 29.0 Å². The van der Waals surface area contributed by atoms with Crippen LogP contribution in [0.1, 0.15) is 31.9 Å². The Morgan fingerprint density at radius 2 is 1.41 bits per heavy atom. The zero-order valence-corrected chi connectivity index (χ0v) is 20.1. The summed E-state index contributed by atoms with van der Waals surface area (Å²) in [7, 11) is 1.30. The molecule has 8 nitrogen and oxygen atoms in total. The van der Waals surface area contributed by atoms with Crippen LogP contribution in [0.25, 0.3) is 0 Å². The number of ether oxygens (including phenoxy) is 5. The number of carbonyl (C=O) groups is 2. The molecule has 34 heavy (non-hydrogen) atoms. The maximum atomic E-state index is 12.5. The lowest BCUT2D eigenvalue weighted by atomic mass is 10.1. The Morgan fingerprint density at radius 3 is 1.91 bits per heavy atom. The van der Waals surface area contributed by atoms with Gasteiger partial charge in [-0.3, -0.25) is 0 Å². The molecular weight excluding hydrogens is 438 g/mol. The minimum atomic E-state index is -1.00. The van der Waals surface area contributed by atoms with Crippen molar-refractivity contribution < 1.29 is 33.3 Å². The van der Waals surface area contributed by atoms with Crippen molar-refractivity contribution in [3.63, 3.8) is 0 Å². The largest absolute Gasteiger partial charge is 0.467 e. The lowest BCUT2D eigenvalue weighted by Gasteiger charge is -2.25. The number of methoxy groups -OCH3 is 1. The van der Waals surface area contributed by atoms with Crippen LogP contribution in [0.15, 0.2) is 60.7 Å². The Bertz CT molecular complexity index is 914. The van der Waals surface area contributed by atoms with Crippen LogP contribution < -0.4 is 5.32 Å². The topological polar surface area (TPSA) is 92.3 Å². The maximum Gasteiger partial charge on any atom is 0.407 e. The van der Waals surface area contributed by atoms with Crippen LogP contribution in [0.3, 0.4) is 0 Å². The number of nitrogens with one attached hydrogen (secondary N) is 1. The lowest BCUT2D eigenvalue weighted by molar-refractivity contribution is -0.159. The van der Waals surface area contributed by atoms with Gasteiger partial charge in [0.2, 0.25) is 0 Å². The molecule has 1 saturated heterocycles. The summed E-state index contributed by atoms with van der Waals surface area (Å²) in [6, 6.07) is 19.3. The highest BCUT2D eigenvalue weighted by Gasteiger charge is 2.50. The Morgan fingerprint density at radius 1 is 0.882 bits per heavy atom. The number of amides is 1. The number of esters is 1. The summed E-state index contributed by atoms with van der Waals surface area (Å²) in [6.07, 6.45) is -3.60. The number of rotatable bonds is 9. The third-order valence-corrected chi connectivity index (χ3v) is 5.16. The Labute approximate surface area is 200 Å². The molecule has 1 aliphatic rings. The molecule has 0 spiro atoms. The van der Waals surface area contributed by atoms with Gasteiger partial charge in [-0.1, -0.05) is 60.7 Å². The molecule has 0 aliphatic carbocycles. The van der Waals surface area contributed by atoms with Crippen LogP contribution in [0.5, 0.6) is 0 Å². The van der Waals surface area contributed by atoms with Gasteiger partial charge in [0.25, 0.3) is 0 Å². The van der Waals surface area contributed by atoms with Crippen LogP contribution >= 0.6 is 0 Å². The van der Waals surface area contributed by atoms with Gasteiger partial charge in [0.05, 0.1) is 20.3 Å². The van der Waals surface area contributed by atoms with E-state index in [0.717, 1.165) is 11.1 Å². The number of hydrogen-bond donors (Lipinski definition) is 1. The van der Waals surface area contributed by atoms with Gasteiger partial charge in [0.15, 0.2) is 6.10 Å². The first-order chi connectivity index (χ1) is 16.3. The van der Waals surface area contributed by atoms with Gasteiger partial charge in [-0.2, -0.15) is 0 Å². The molecule has 184 valence electrons. The van der Waals surface area contributed by atoms with Crippen molar-refractivity contribution in [3.8, 4) is 0 Å². The fraction of sp³-hybridized carbons (Fsp3) is 0.462. The summed E-state index contributed by atoms with van der Waals surface area (Å²) < 4.78 is 28.6. The first-order valence-corrected chi connectivity index (χ1v) is 11.3. The van der Waals surface area contributed by atoms with Crippen molar-refractivity contribution in [2.75, 3.05) is 13.7 Å².